The third-order valence-electron chi connectivity index (χ3n) is 5.89. The number of likely N-dealkylation sites (tertiary alicyclic amines) is 1. The Balaban J connectivity index is 1.58. The molecule has 22 heavy (non-hydrogen) atoms. The summed E-state index contributed by atoms with van der Waals surface area (Å²) in [5.74, 6) is 0.407. The lowest BCUT2D eigenvalue weighted by atomic mass is 9.79. The quantitative estimate of drug-likeness (QED) is 0.821. The summed E-state index contributed by atoms with van der Waals surface area (Å²) in [6.45, 7) is 4.75. The van der Waals surface area contributed by atoms with E-state index in [2.05, 4.69) is 27.8 Å². The van der Waals surface area contributed by atoms with E-state index in [-0.39, 0.29) is 6.10 Å². The van der Waals surface area contributed by atoms with Gasteiger partial charge in [0.25, 0.3) is 0 Å². The highest BCUT2D eigenvalue weighted by atomic mass is 79.9. The summed E-state index contributed by atoms with van der Waals surface area (Å²) in [6, 6.07) is 8.14. The first-order chi connectivity index (χ1) is 10.6. The third-order valence-corrected chi connectivity index (χ3v) is 6.42. The van der Waals surface area contributed by atoms with Gasteiger partial charge in [-0.15, -0.1) is 0 Å². The number of rotatable bonds is 3. The van der Waals surface area contributed by atoms with Crippen molar-refractivity contribution in [2.75, 3.05) is 13.1 Å². The first-order valence-electron chi connectivity index (χ1n) is 8.77. The average Bonchev–Trinajstić information content (AvgIpc) is 2.56. The fourth-order valence-corrected chi connectivity index (χ4v) is 4.58. The number of nitrogens with zero attached hydrogens (tertiary/aromatic N) is 1. The van der Waals surface area contributed by atoms with Crippen LogP contribution < -0.4 is 0 Å². The first-order valence-corrected chi connectivity index (χ1v) is 9.56. The summed E-state index contributed by atoms with van der Waals surface area (Å²) in [7, 11) is 0. The van der Waals surface area contributed by atoms with Crippen molar-refractivity contribution in [3.8, 4) is 0 Å². The largest absolute Gasteiger partial charge is 0.388 e. The van der Waals surface area contributed by atoms with Gasteiger partial charge in [-0.2, -0.15) is 0 Å². The van der Waals surface area contributed by atoms with E-state index >= 15 is 0 Å². The number of hydrogen-bond acceptors (Lipinski definition) is 2. The van der Waals surface area contributed by atoms with Crippen molar-refractivity contribution < 1.29 is 5.11 Å². The fraction of sp³-hybridized carbons (Fsp3) is 0.684. The minimum Gasteiger partial charge on any atom is -0.388 e. The molecule has 1 aliphatic heterocycles. The Morgan fingerprint density at radius 2 is 1.68 bits per heavy atom. The second-order valence-corrected chi connectivity index (χ2v) is 8.29. The predicted octanol–water partition coefficient (Wildman–Crippen LogP) is 4.92. The van der Waals surface area contributed by atoms with Crippen molar-refractivity contribution in [1.29, 1.82) is 0 Å². The molecule has 122 valence electrons. The molecule has 1 N–H and O–H groups in total. The molecule has 3 rings (SSSR count). The van der Waals surface area contributed by atoms with Gasteiger partial charge in [0.2, 0.25) is 0 Å². The molecule has 1 aromatic rings. The molecule has 0 radical (unpaired) electrons. The molecule has 2 nitrogen and oxygen atoms in total. The maximum Gasteiger partial charge on any atom is 0.0819 e. The zero-order valence-corrected chi connectivity index (χ0v) is 15.2. The van der Waals surface area contributed by atoms with Gasteiger partial charge in [-0.05, 0) is 69.3 Å². The van der Waals surface area contributed by atoms with Crippen LogP contribution in [0.3, 0.4) is 0 Å². The molecular weight excluding hydrogens is 338 g/mol. The summed E-state index contributed by atoms with van der Waals surface area (Å²) in [5.41, 5.74) is 1.48. The first kappa shape index (κ1) is 16.5. The summed E-state index contributed by atoms with van der Waals surface area (Å²) in [4.78, 5) is 2.71. The Kier molecular flexibility index (Phi) is 5.26. The SMILES string of the molecule is CC1(N2CCC(C(O)c3ccc(Br)cc3)CC2)CCCCC1. The molecule has 2 fully saturated rings. The molecule has 1 saturated heterocycles. The van der Waals surface area contributed by atoms with E-state index < -0.39 is 0 Å². The smallest absolute Gasteiger partial charge is 0.0819 e. The highest BCUT2D eigenvalue weighted by Gasteiger charge is 2.36. The van der Waals surface area contributed by atoms with Crippen LogP contribution in [-0.2, 0) is 0 Å². The molecule has 0 spiro atoms. The van der Waals surface area contributed by atoms with Crippen LogP contribution in [0.2, 0.25) is 0 Å². The standard InChI is InChI=1S/C19H28BrNO/c1-19(11-3-2-4-12-19)21-13-9-16(10-14-21)18(22)15-5-7-17(20)8-6-15/h5-8,16,18,22H,2-4,9-14H2,1H3. The number of aliphatic hydroxyl groups is 1. The van der Waals surface area contributed by atoms with Gasteiger partial charge in [-0.3, -0.25) is 4.90 Å². The van der Waals surface area contributed by atoms with Gasteiger partial charge in [0.15, 0.2) is 0 Å². The zero-order chi connectivity index (χ0) is 15.6. The van der Waals surface area contributed by atoms with Crippen LogP contribution in [0, 0.1) is 5.92 Å². The maximum atomic E-state index is 10.7. The second-order valence-electron chi connectivity index (χ2n) is 7.38. The Bertz CT molecular complexity index is 473. The molecule has 1 aliphatic carbocycles. The number of benzene rings is 1. The summed E-state index contributed by atoms with van der Waals surface area (Å²) in [5, 5.41) is 10.7. The molecule has 0 aromatic heterocycles. The summed E-state index contributed by atoms with van der Waals surface area (Å²) >= 11 is 3.46. The summed E-state index contributed by atoms with van der Waals surface area (Å²) in [6.07, 6.45) is 8.82. The number of halogens is 1. The van der Waals surface area contributed by atoms with Crippen LogP contribution in [0.25, 0.3) is 0 Å². The normalized spacial score (nSPS) is 25.0. The van der Waals surface area contributed by atoms with E-state index in [0.717, 1.165) is 36.0 Å². The molecule has 2 aliphatic rings. The van der Waals surface area contributed by atoms with Crippen molar-refractivity contribution >= 4 is 15.9 Å². The van der Waals surface area contributed by atoms with E-state index in [1.807, 2.05) is 24.3 Å². The number of aliphatic hydroxyl groups excluding tert-OH is 1. The van der Waals surface area contributed by atoms with Crippen LogP contribution in [0.5, 0.6) is 0 Å². The highest BCUT2D eigenvalue weighted by Crippen LogP contribution is 2.38. The van der Waals surface area contributed by atoms with Crippen LogP contribution >= 0.6 is 15.9 Å². The van der Waals surface area contributed by atoms with Crippen molar-refractivity contribution in [1.82, 2.24) is 4.90 Å². The minimum absolute atomic E-state index is 0.311. The summed E-state index contributed by atoms with van der Waals surface area (Å²) < 4.78 is 1.07. The number of hydrogen-bond donors (Lipinski definition) is 1. The number of piperidine rings is 1. The Morgan fingerprint density at radius 1 is 1.09 bits per heavy atom. The van der Waals surface area contributed by atoms with Crippen LogP contribution in [0.4, 0.5) is 0 Å². The third kappa shape index (κ3) is 3.58. The van der Waals surface area contributed by atoms with Crippen molar-refractivity contribution in [2.24, 2.45) is 5.92 Å². The zero-order valence-electron chi connectivity index (χ0n) is 13.6. The van der Waals surface area contributed by atoms with Crippen molar-refractivity contribution in [3.63, 3.8) is 0 Å². The van der Waals surface area contributed by atoms with Crippen LogP contribution in [0.15, 0.2) is 28.7 Å². The van der Waals surface area contributed by atoms with Crippen molar-refractivity contribution in [2.45, 2.75) is 63.5 Å². The lowest BCUT2D eigenvalue weighted by molar-refractivity contribution is 0.00105. The van der Waals surface area contributed by atoms with Gasteiger partial charge in [-0.25, -0.2) is 0 Å². The fourth-order valence-electron chi connectivity index (χ4n) is 4.32. The van der Waals surface area contributed by atoms with Gasteiger partial charge in [0.1, 0.15) is 0 Å². The lowest BCUT2D eigenvalue weighted by Crippen LogP contribution is -2.51. The second kappa shape index (κ2) is 7.02. The van der Waals surface area contributed by atoms with E-state index in [1.165, 1.54) is 32.1 Å². The molecule has 1 heterocycles. The molecule has 3 heteroatoms. The lowest BCUT2D eigenvalue weighted by Gasteiger charge is -2.47. The van der Waals surface area contributed by atoms with E-state index in [0.29, 0.717) is 11.5 Å². The monoisotopic (exact) mass is 365 g/mol. The average molecular weight is 366 g/mol. The molecular formula is C19H28BrNO. The van der Waals surface area contributed by atoms with Gasteiger partial charge in [0, 0.05) is 10.0 Å². The van der Waals surface area contributed by atoms with Crippen LogP contribution in [0.1, 0.15) is 63.5 Å². The van der Waals surface area contributed by atoms with Crippen molar-refractivity contribution in [3.05, 3.63) is 34.3 Å². The maximum absolute atomic E-state index is 10.7. The molecule has 1 atom stereocenters. The Hall–Kier alpha value is -0.380. The Labute approximate surface area is 143 Å². The van der Waals surface area contributed by atoms with Gasteiger partial charge in [-0.1, -0.05) is 47.3 Å². The Morgan fingerprint density at radius 3 is 2.27 bits per heavy atom. The topological polar surface area (TPSA) is 23.5 Å². The molecule has 1 aromatic carbocycles. The van der Waals surface area contributed by atoms with E-state index in [9.17, 15) is 5.11 Å². The molecule has 1 unspecified atom stereocenters. The van der Waals surface area contributed by atoms with Gasteiger partial charge in [0.05, 0.1) is 6.10 Å². The highest BCUT2D eigenvalue weighted by molar-refractivity contribution is 9.10. The molecule has 0 bridgehead atoms. The van der Waals surface area contributed by atoms with E-state index in [1.54, 1.807) is 0 Å². The minimum atomic E-state index is -0.311. The molecule has 1 saturated carbocycles. The predicted molar refractivity (Wildman–Crippen MR) is 94.9 cm³/mol. The van der Waals surface area contributed by atoms with Gasteiger partial charge < -0.3 is 5.11 Å². The van der Waals surface area contributed by atoms with E-state index in [4.69, 9.17) is 0 Å². The molecule has 0 amide bonds. The van der Waals surface area contributed by atoms with Crippen LogP contribution in [-0.4, -0.2) is 28.6 Å². The van der Waals surface area contributed by atoms with Gasteiger partial charge >= 0.3 is 0 Å².